The number of amides is 1. The Morgan fingerprint density at radius 3 is 2.65 bits per heavy atom. The van der Waals surface area contributed by atoms with Gasteiger partial charge in [0.15, 0.2) is 0 Å². The molecule has 3 rings (SSSR count). The van der Waals surface area contributed by atoms with Gasteiger partial charge >= 0.3 is 0 Å². The molecule has 0 fully saturated rings. The number of thioether (sulfide) groups is 1. The van der Waals surface area contributed by atoms with Crippen LogP contribution in [0, 0.1) is 0 Å². The lowest BCUT2D eigenvalue weighted by atomic mass is 10.2. The largest absolute Gasteiger partial charge is 0.283 e. The maximum atomic E-state index is 12.2. The summed E-state index contributed by atoms with van der Waals surface area (Å²) in [5, 5.41) is 5.37. The van der Waals surface area contributed by atoms with E-state index < -0.39 is 0 Å². The summed E-state index contributed by atoms with van der Waals surface area (Å²) in [6.45, 7) is 0. The Balaban J connectivity index is 1.72. The summed E-state index contributed by atoms with van der Waals surface area (Å²) in [7, 11) is 0. The summed E-state index contributed by atoms with van der Waals surface area (Å²) in [6.07, 6.45) is 3.64. The van der Waals surface area contributed by atoms with Crippen LogP contribution in [0.5, 0.6) is 0 Å². The highest BCUT2D eigenvalue weighted by atomic mass is 35.5. The van der Waals surface area contributed by atoms with Crippen molar-refractivity contribution in [2.45, 2.75) is 4.90 Å². The number of nitrogens with zero attached hydrogens (tertiary/aromatic N) is 1. The number of thiophene rings is 1. The summed E-state index contributed by atoms with van der Waals surface area (Å²) in [5.41, 5.74) is 3.45. The second kappa shape index (κ2) is 7.17. The number of rotatable bonds is 4. The van der Waals surface area contributed by atoms with E-state index in [0.717, 1.165) is 15.6 Å². The van der Waals surface area contributed by atoms with E-state index in [-0.39, 0.29) is 5.91 Å². The van der Waals surface area contributed by atoms with Gasteiger partial charge in [0.05, 0.1) is 11.2 Å². The van der Waals surface area contributed by atoms with E-state index in [2.05, 4.69) is 10.5 Å². The quantitative estimate of drug-likeness (QED) is 0.402. The van der Waals surface area contributed by atoms with Gasteiger partial charge in [0.25, 0.3) is 5.91 Å². The van der Waals surface area contributed by atoms with Crippen LogP contribution in [0.2, 0.25) is 5.02 Å². The highest BCUT2D eigenvalue weighted by Gasteiger charge is 2.16. The first-order valence-electron chi connectivity index (χ1n) is 6.83. The van der Waals surface area contributed by atoms with Crippen LogP contribution in [0.3, 0.4) is 0 Å². The molecule has 2 aromatic carbocycles. The van der Waals surface area contributed by atoms with Crippen LogP contribution < -0.4 is 5.43 Å². The fourth-order valence-corrected chi connectivity index (χ4v) is 3.88. The molecule has 3 aromatic rings. The fraction of sp³-hybridized carbons (Fsp3) is 0.0588. The van der Waals surface area contributed by atoms with E-state index in [1.807, 2.05) is 54.8 Å². The molecule has 23 heavy (non-hydrogen) atoms. The molecule has 1 N–H and O–H groups in total. The zero-order valence-corrected chi connectivity index (χ0v) is 14.6. The SMILES string of the molecule is CSc1ccc(/C=N\NC(=O)c2sc3ccccc3c2Cl)cc1. The fourth-order valence-electron chi connectivity index (χ4n) is 2.07. The lowest BCUT2D eigenvalue weighted by Gasteiger charge is -1.98. The van der Waals surface area contributed by atoms with Gasteiger partial charge in [0.1, 0.15) is 4.88 Å². The average molecular weight is 361 g/mol. The average Bonchev–Trinajstić information content (AvgIpc) is 2.93. The van der Waals surface area contributed by atoms with E-state index in [4.69, 9.17) is 11.6 Å². The first-order valence-corrected chi connectivity index (χ1v) is 9.25. The number of hydrazone groups is 1. The van der Waals surface area contributed by atoms with Crippen molar-refractivity contribution in [2.24, 2.45) is 5.10 Å². The van der Waals surface area contributed by atoms with Gasteiger partial charge in [0.2, 0.25) is 0 Å². The van der Waals surface area contributed by atoms with E-state index >= 15 is 0 Å². The summed E-state index contributed by atoms with van der Waals surface area (Å²) >= 11 is 9.32. The van der Waals surface area contributed by atoms with Crippen molar-refractivity contribution in [3.63, 3.8) is 0 Å². The Labute approximate surface area is 147 Å². The molecule has 0 unspecified atom stereocenters. The highest BCUT2D eigenvalue weighted by molar-refractivity contribution is 7.98. The normalized spacial score (nSPS) is 11.2. The smallest absolute Gasteiger partial charge is 0.266 e. The number of benzene rings is 2. The number of fused-ring (bicyclic) bond motifs is 1. The molecule has 0 saturated carbocycles. The Bertz CT molecular complexity index is 872. The van der Waals surface area contributed by atoms with Crippen molar-refractivity contribution >= 4 is 56.9 Å². The minimum absolute atomic E-state index is 0.298. The monoisotopic (exact) mass is 360 g/mol. The number of carbonyl (C=O) groups is 1. The summed E-state index contributed by atoms with van der Waals surface area (Å²) in [6, 6.07) is 15.6. The summed E-state index contributed by atoms with van der Waals surface area (Å²) in [4.78, 5) is 13.9. The van der Waals surface area contributed by atoms with Crippen molar-refractivity contribution in [1.82, 2.24) is 5.43 Å². The van der Waals surface area contributed by atoms with E-state index in [1.165, 1.54) is 16.2 Å². The molecular weight excluding hydrogens is 348 g/mol. The third-order valence-corrected chi connectivity index (χ3v) is 5.65. The van der Waals surface area contributed by atoms with Crippen LogP contribution in [0.25, 0.3) is 10.1 Å². The topological polar surface area (TPSA) is 41.5 Å². The predicted molar refractivity (Wildman–Crippen MR) is 100 cm³/mol. The Morgan fingerprint density at radius 1 is 1.22 bits per heavy atom. The molecule has 1 aromatic heterocycles. The van der Waals surface area contributed by atoms with E-state index in [1.54, 1.807) is 18.0 Å². The lowest BCUT2D eigenvalue weighted by Crippen LogP contribution is -2.16. The van der Waals surface area contributed by atoms with Crippen LogP contribution in [0.4, 0.5) is 0 Å². The van der Waals surface area contributed by atoms with Crippen molar-refractivity contribution in [3.05, 3.63) is 64.0 Å². The van der Waals surface area contributed by atoms with Crippen molar-refractivity contribution < 1.29 is 4.79 Å². The number of halogens is 1. The maximum Gasteiger partial charge on any atom is 0.283 e. The standard InChI is InChI=1S/C17H13ClN2OS2/c1-22-12-8-6-11(7-9-12)10-19-20-17(21)16-15(18)13-4-2-3-5-14(13)23-16/h2-10H,1H3,(H,20,21)/b19-10-. The lowest BCUT2D eigenvalue weighted by molar-refractivity contribution is 0.0959. The number of nitrogens with one attached hydrogen (secondary N) is 1. The third-order valence-electron chi connectivity index (χ3n) is 3.24. The molecule has 0 aliphatic rings. The van der Waals surface area contributed by atoms with Crippen LogP contribution in [0.1, 0.15) is 15.2 Å². The molecule has 1 heterocycles. The molecule has 0 aliphatic heterocycles. The Kier molecular flexibility index (Phi) is 5.00. The van der Waals surface area contributed by atoms with Gasteiger partial charge in [0, 0.05) is 15.0 Å². The zero-order valence-electron chi connectivity index (χ0n) is 12.2. The maximum absolute atomic E-state index is 12.2. The molecule has 3 nitrogen and oxygen atoms in total. The van der Waals surface area contributed by atoms with Gasteiger partial charge in [-0.15, -0.1) is 23.1 Å². The minimum Gasteiger partial charge on any atom is -0.266 e. The second-order valence-electron chi connectivity index (χ2n) is 4.71. The highest BCUT2D eigenvalue weighted by Crippen LogP contribution is 2.34. The number of hydrogen-bond donors (Lipinski definition) is 1. The molecular formula is C17H13ClN2OS2. The molecule has 0 bridgehead atoms. The van der Waals surface area contributed by atoms with Crippen LogP contribution >= 0.6 is 34.7 Å². The molecule has 116 valence electrons. The molecule has 0 atom stereocenters. The molecule has 0 aliphatic carbocycles. The van der Waals surface area contributed by atoms with Crippen LogP contribution in [-0.4, -0.2) is 18.4 Å². The Hall–Kier alpha value is -1.82. The van der Waals surface area contributed by atoms with Gasteiger partial charge in [-0.05, 0) is 30.0 Å². The van der Waals surface area contributed by atoms with Crippen molar-refractivity contribution in [1.29, 1.82) is 0 Å². The van der Waals surface area contributed by atoms with Gasteiger partial charge in [-0.1, -0.05) is 41.9 Å². The van der Waals surface area contributed by atoms with Crippen LogP contribution in [0.15, 0.2) is 58.5 Å². The molecule has 0 spiro atoms. The van der Waals surface area contributed by atoms with Crippen molar-refractivity contribution in [2.75, 3.05) is 6.26 Å². The Morgan fingerprint density at radius 2 is 1.96 bits per heavy atom. The zero-order chi connectivity index (χ0) is 16.2. The molecule has 6 heteroatoms. The molecule has 1 amide bonds. The van der Waals surface area contributed by atoms with Crippen LogP contribution in [-0.2, 0) is 0 Å². The van der Waals surface area contributed by atoms with Gasteiger partial charge in [-0.25, -0.2) is 5.43 Å². The van der Waals surface area contributed by atoms with Crippen molar-refractivity contribution in [3.8, 4) is 0 Å². The third kappa shape index (κ3) is 3.58. The van der Waals surface area contributed by atoms with E-state index in [9.17, 15) is 4.79 Å². The first kappa shape index (κ1) is 16.1. The minimum atomic E-state index is -0.298. The molecule has 0 saturated heterocycles. The second-order valence-corrected chi connectivity index (χ2v) is 7.02. The van der Waals surface area contributed by atoms with E-state index in [0.29, 0.717) is 9.90 Å². The summed E-state index contributed by atoms with van der Waals surface area (Å²) in [5.74, 6) is -0.298. The first-order chi connectivity index (χ1) is 11.2. The summed E-state index contributed by atoms with van der Waals surface area (Å²) < 4.78 is 0.985. The van der Waals surface area contributed by atoms with Gasteiger partial charge in [-0.3, -0.25) is 4.79 Å². The number of hydrogen-bond acceptors (Lipinski definition) is 4. The number of carbonyl (C=O) groups excluding carboxylic acids is 1. The molecule has 0 radical (unpaired) electrons. The predicted octanol–water partition coefficient (Wildman–Crippen LogP) is 5.04. The van der Waals surface area contributed by atoms with Gasteiger partial charge in [-0.2, -0.15) is 5.10 Å². The van der Waals surface area contributed by atoms with Gasteiger partial charge < -0.3 is 0 Å².